The highest BCUT2D eigenvalue weighted by Crippen LogP contribution is 2.31. The van der Waals surface area contributed by atoms with Gasteiger partial charge in [-0.25, -0.2) is 14.6 Å². The number of benzene rings is 3. The minimum Gasteiger partial charge on any atom is -0.493 e. The van der Waals surface area contributed by atoms with Crippen molar-refractivity contribution in [2.75, 3.05) is 13.7 Å². The predicted octanol–water partition coefficient (Wildman–Crippen LogP) is 4.08. The number of rotatable bonds is 9. The summed E-state index contributed by atoms with van der Waals surface area (Å²) >= 11 is 1.24. The van der Waals surface area contributed by atoms with Gasteiger partial charge in [0, 0.05) is 0 Å². The van der Waals surface area contributed by atoms with Crippen molar-refractivity contribution in [2.24, 2.45) is 4.99 Å². The van der Waals surface area contributed by atoms with Crippen LogP contribution in [0.4, 0.5) is 0 Å². The summed E-state index contributed by atoms with van der Waals surface area (Å²) in [5, 5.41) is 9.23. The average molecular weight is 585 g/mol. The Balaban J connectivity index is 1.50. The first-order chi connectivity index (χ1) is 20.3. The number of carbonyl (C=O) groups is 2. The molecule has 10 heteroatoms. The molecule has 1 aliphatic heterocycles. The zero-order chi connectivity index (χ0) is 29.8. The van der Waals surface area contributed by atoms with Crippen molar-refractivity contribution in [2.45, 2.75) is 26.5 Å². The number of hydrogen-bond donors (Lipinski definition) is 1. The molecular formula is C32H28N2O7S. The third-order valence-corrected chi connectivity index (χ3v) is 7.67. The molecule has 0 saturated carbocycles. The number of thiazole rings is 1. The number of hydrogen-bond acceptors (Lipinski definition) is 8. The number of ether oxygens (including phenoxy) is 3. The molecule has 1 atom stereocenters. The van der Waals surface area contributed by atoms with Crippen molar-refractivity contribution in [3.63, 3.8) is 0 Å². The maximum absolute atomic E-state index is 13.8. The molecule has 1 N–H and O–H groups in total. The van der Waals surface area contributed by atoms with Crippen LogP contribution in [-0.4, -0.2) is 35.3 Å². The van der Waals surface area contributed by atoms with E-state index >= 15 is 0 Å². The molecule has 9 nitrogen and oxygen atoms in total. The quantitative estimate of drug-likeness (QED) is 0.295. The number of aromatic nitrogens is 1. The fraction of sp³-hybridized carbons (Fsp3) is 0.188. The Bertz CT molecular complexity index is 1870. The summed E-state index contributed by atoms with van der Waals surface area (Å²) in [7, 11) is 1.52. The van der Waals surface area contributed by atoms with Crippen LogP contribution in [0.15, 0.2) is 93.9 Å². The van der Waals surface area contributed by atoms with Crippen molar-refractivity contribution in [1.82, 2.24) is 4.57 Å². The molecule has 42 heavy (non-hydrogen) atoms. The van der Waals surface area contributed by atoms with Gasteiger partial charge < -0.3 is 19.3 Å². The van der Waals surface area contributed by atoms with Crippen molar-refractivity contribution in [1.29, 1.82) is 0 Å². The summed E-state index contributed by atoms with van der Waals surface area (Å²) in [5.41, 5.74) is 2.92. The van der Waals surface area contributed by atoms with Gasteiger partial charge in [-0.15, -0.1) is 0 Å². The molecule has 0 amide bonds. The van der Waals surface area contributed by atoms with Crippen LogP contribution >= 0.6 is 11.3 Å². The number of allylic oxidation sites excluding steroid dienone is 1. The van der Waals surface area contributed by atoms with Crippen LogP contribution in [-0.2, 0) is 16.1 Å². The number of fused-ring (bicyclic) bond motifs is 1. The summed E-state index contributed by atoms with van der Waals surface area (Å²) in [5.74, 6) is -0.590. The first-order valence-electron chi connectivity index (χ1n) is 13.2. The topological polar surface area (TPSA) is 116 Å². The van der Waals surface area contributed by atoms with Crippen molar-refractivity contribution in [3.05, 3.63) is 126 Å². The molecule has 214 valence electrons. The lowest BCUT2D eigenvalue weighted by molar-refractivity contribution is -0.139. The fourth-order valence-electron chi connectivity index (χ4n) is 4.74. The molecule has 0 bridgehead atoms. The van der Waals surface area contributed by atoms with Gasteiger partial charge in [0.15, 0.2) is 16.3 Å². The first-order valence-corrected chi connectivity index (χ1v) is 14.0. The van der Waals surface area contributed by atoms with Crippen LogP contribution in [0.3, 0.4) is 0 Å². The lowest BCUT2D eigenvalue weighted by Crippen LogP contribution is -2.39. The SMILES string of the molecule is CCOC(=O)C1=C(C)N=c2s/c(=C\c3ccc(OCc4cccc(C(=O)O)c4)c(OC)c3)c(=O)n2[C@@H]1c1ccccc1. The molecule has 0 saturated heterocycles. The molecule has 0 unspecified atom stereocenters. The predicted molar refractivity (Wildman–Crippen MR) is 158 cm³/mol. The highest BCUT2D eigenvalue weighted by atomic mass is 32.1. The summed E-state index contributed by atoms with van der Waals surface area (Å²) in [6.45, 7) is 3.84. The largest absolute Gasteiger partial charge is 0.493 e. The highest BCUT2D eigenvalue weighted by molar-refractivity contribution is 7.07. The lowest BCUT2D eigenvalue weighted by atomic mass is 9.96. The molecule has 4 aromatic rings. The maximum Gasteiger partial charge on any atom is 0.338 e. The van der Waals surface area contributed by atoms with Gasteiger partial charge in [0.2, 0.25) is 0 Å². The zero-order valence-corrected chi connectivity index (χ0v) is 24.0. The van der Waals surface area contributed by atoms with E-state index in [4.69, 9.17) is 14.2 Å². The molecule has 2 heterocycles. The van der Waals surface area contributed by atoms with E-state index in [1.807, 2.05) is 30.3 Å². The number of aromatic carboxylic acids is 1. The van der Waals surface area contributed by atoms with Gasteiger partial charge >= 0.3 is 11.9 Å². The van der Waals surface area contributed by atoms with Gasteiger partial charge in [-0.1, -0.05) is 59.9 Å². The van der Waals surface area contributed by atoms with E-state index in [9.17, 15) is 19.5 Å². The Kier molecular flexibility index (Phi) is 8.35. The van der Waals surface area contributed by atoms with Crippen molar-refractivity contribution in [3.8, 4) is 11.5 Å². The first kappa shape index (κ1) is 28.6. The third-order valence-electron chi connectivity index (χ3n) is 6.69. The Morgan fingerprint density at radius 3 is 2.55 bits per heavy atom. The zero-order valence-electron chi connectivity index (χ0n) is 23.2. The molecule has 1 aromatic heterocycles. The standard InChI is InChI=1S/C32H28N2O7S/c1-4-40-31(38)27-19(2)33-32-34(28(27)22-10-6-5-7-11-22)29(35)26(42-32)17-20-13-14-24(25(16-20)39-3)41-18-21-9-8-12-23(15-21)30(36)37/h5-17,28H,4,18H2,1-3H3,(H,36,37)/b26-17-/t28-/m1/s1. The van der Waals surface area contributed by atoms with Gasteiger partial charge in [-0.05, 0) is 60.9 Å². The second-order valence-corrected chi connectivity index (χ2v) is 10.4. The van der Waals surface area contributed by atoms with Crippen LogP contribution in [0.25, 0.3) is 6.08 Å². The smallest absolute Gasteiger partial charge is 0.338 e. The average Bonchev–Trinajstić information content (AvgIpc) is 3.30. The van der Waals surface area contributed by atoms with Gasteiger partial charge in [0.25, 0.3) is 5.56 Å². The van der Waals surface area contributed by atoms with Crippen LogP contribution < -0.4 is 24.4 Å². The number of nitrogens with zero attached hydrogens (tertiary/aromatic N) is 2. The van der Waals surface area contributed by atoms with Crippen LogP contribution in [0.5, 0.6) is 11.5 Å². The number of esters is 1. The second-order valence-electron chi connectivity index (χ2n) is 9.42. The minimum atomic E-state index is -1.01. The van der Waals surface area contributed by atoms with Crippen LogP contribution in [0.1, 0.15) is 46.9 Å². The van der Waals surface area contributed by atoms with Gasteiger partial charge in [0.1, 0.15) is 6.61 Å². The Hall–Kier alpha value is -4.96. The number of carboxylic acid groups (broad SMARTS) is 1. The van der Waals surface area contributed by atoms with Crippen LogP contribution in [0, 0.1) is 0 Å². The van der Waals surface area contributed by atoms with E-state index in [1.54, 1.807) is 60.9 Å². The van der Waals surface area contributed by atoms with Crippen molar-refractivity contribution < 1.29 is 28.9 Å². The van der Waals surface area contributed by atoms with E-state index in [0.29, 0.717) is 43.2 Å². The summed E-state index contributed by atoms with van der Waals surface area (Å²) in [6, 6.07) is 20.5. The molecule has 3 aromatic carbocycles. The minimum absolute atomic E-state index is 0.150. The number of carbonyl (C=O) groups excluding carboxylic acids is 1. The van der Waals surface area contributed by atoms with Gasteiger partial charge in [-0.2, -0.15) is 0 Å². The monoisotopic (exact) mass is 584 g/mol. The molecule has 0 radical (unpaired) electrons. The lowest BCUT2D eigenvalue weighted by Gasteiger charge is -2.24. The Labute approximate surface area is 245 Å². The van der Waals surface area contributed by atoms with E-state index < -0.39 is 18.0 Å². The van der Waals surface area contributed by atoms with E-state index in [0.717, 1.165) is 5.56 Å². The molecular weight excluding hydrogens is 556 g/mol. The van der Waals surface area contributed by atoms with E-state index in [2.05, 4.69) is 4.99 Å². The Morgan fingerprint density at radius 2 is 1.83 bits per heavy atom. The Morgan fingerprint density at radius 1 is 1.05 bits per heavy atom. The van der Waals surface area contributed by atoms with E-state index in [-0.39, 0.29) is 24.3 Å². The van der Waals surface area contributed by atoms with Gasteiger partial charge in [-0.3, -0.25) is 9.36 Å². The number of carboxylic acids is 1. The molecule has 0 spiro atoms. The highest BCUT2D eigenvalue weighted by Gasteiger charge is 2.33. The molecule has 1 aliphatic rings. The third kappa shape index (κ3) is 5.75. The molecule has 5 rings (SSSR count). The second kappa shape index (κ2) is 12.3. The van der Waals surface area contributed by atoms with Gasteiger partial charge in [0.05, 0.1) is 41.1 Å². The summed E-state index contributed by atoms with van der Waals surface area (Å²) in [4.78, 5) is 43.2. The van der Waals surface area contributed by atoms with Crippen LogP contribution in [0.2, 0.25) is 0 Å². The molecule has 0 aliphatic carbocycles. The molecule has 0 fully saturated rings. The maximum atomic E-state index is 13.8. The normalized spacial score (nSPS) is 14.6. The van der Waals surface area contributed by atoms with Crippen molar-refractivity contribution >= 4 is 29.4 Å². The summed E-state index contributed by atoms with van der Waals surface area (Å²) in [6.07, 6.45) is 1.75. The number of methoxy groups -OCH3 is 1. The fourth-order valence-corrected chi connectivity index (χ4v) is 5.79. The summed E-state index contributed by atoms with van der Waals surface area (Å²) < 4.78 is 18.8. The van der Waals surface area contributed by atoms with E-state index in [1.165, 1.54) is 24.5 Å².